The minimum absolute atomic E-state index is 0. The van der Waals surface area contributed by atoms with Gasteiger partial charge in [-0.15, -0.1) is 24.8 Å². The van der Waals surface area contributed by atoms with Gasteiger partial charge in [0.2, 0.25) is 0 Å². The highest BCUT2D eigenvalue weighted by atomic mass is 35.5. The molecule has 0 radical (unpaired) electrons. The first-order valence-corrected chi connectivity index (χ1v) is 7.03. The Bertz CT molecular complexity index is 770. The quantitative estimate of drug-likeness (QED) is 0.679. The van der Waals surface area contributed by atoms with E-state index in [2.05, 4.69) is 21.5 Å². The first-order valence-electron chi connectivity index (χ1n) is 6.65. The van der Waals surface area contributed by atoms with Gasteiger partial charge in [-0.3, -0.25) is 0 Å². The van der Waals surface area contributed by atoms with E-state index in [1.165, 1.54) is 6.07 Å². The highest BCUT2D eigenvalue weighted by Gasteiger charge is 2.06. The zero-order valence-corrected chi connectivity index (χ0v) is 14.7. The lowest BCUT2D eigenvalue weighted by Gasteiger charge is -2.04. The summed E-state index contributed by atoms with van der Waals surface area (Å²) in [6, 6.07) is 4.60. The molecule has 0 amide bonds. The Labute approximate surface area is 151 Å². The molecule has 0 saturated carbocycles. The smallest absolute Gasteiger partial charge is 0.141 e. The lowest BCUT2D eigenvalue weighted by molar-refractivity contribution is 0.628. The normalized spacial score (nSPS) is 10.0. The summed E-state index contributed by atoms with van der Waals surface area (Å²) in [5.41, 5.74) is 1.68. The van der Waals surface area contributed by atoms with Crippen LogP contribution >= 0.6 is 36.4 Å². The molecule has 124 valence electrons. The second-order valence-corrected chi connectivity index (χ2v) is 5.10. The van der Waals surface area contributed by atoms with Crippen molar-refractivity contribution < 1.29 is 4.39 Å². The first kappa shape index (κ1) is 19.5. The van der Waals surface area contributed by atoms with Crippen molar-refractivity contribution in [1.29, 1.82) is 0 Å². The van der Waals surface area contributed by atoms with Crippen LogP contribution in [-0.2, 0) is 13.0 Å². The van der Waals surface area contributed by atoms with Crippen LogP contribution in [-0.4, -0.2) is 19.1 Å². The fourth-order valence-electron chi connectivity index (χ4n) is 2.20. The Morgan fingerprint density at radius 1 is 1.22 bits per heavy atom. The molecule has 0 unspecified atom stereocenters. The molecule has 1 aromatic carbocycles. The van der Waals surface area contributed by atoms with Crippen molar-refractivity contribution in [2.24, 2.45) is 0 Å². The van der Waals surface area contributed by atoms with Crippen LogP contribution in [0.2, 0.25) is 5.02 Å². The number of rotatable bonds is 4. The molecule has 0 fully saturated rings. The molecule has 0 aliphatic carbocycles. The van der Waals surface area contributed by atoms with Crippen molar-refractivity contribution in [1.82, 2.24) is 19.1 Å². The summed E-state index contributed by atoms with van der Waals surface area (Å²) < 4.78 is 17.1. The number of imidazole rings is 2. The summed E-state index contributed by atoms with van der Waals surface area (Å²) in [6.07, 6.45) is 8.20. The highest BCUT2D eigenvalue weighted by Crippen LogP contribution is 2.19. The number of hydrogen-bond acceptors (Lipinski definition) is 2. The van der Waals surface area contributed by atoms with Gasteiger partial charge < -0.3 is 9.13 Å². The van der Waals surface area contributed by atoms with Gasteiger partial charge in [0, 0.05) is 30.7 Å². The van der Waals surface area contributed by atoms with E-state index in [0.29, 0.717) is 6.54 Å². The molecule has 2 heterocycles. The number of halogens is 4. The van der Waals surface area contributed by atoms with Gasteiger partial charge in [0.25, 0.3) is 0 Å². The highest BCUT2D eigenvalue weighted by molar-refractivity contribution is 6.30. The van der Waals surface area contributed by atoms with Crippen LogP contribution in [0.25, 0.3) is 5.69 Å². The third-order valence-electron chi connectivity index (χ3n) is 3.29. The molecule has 0 atom stereocenters. The van der Waals surface area contributed by atoms with E-state index in [-0.39, 0.29) is 29.8 Å². The average molecular weight is 378 g/mol. The van der Waals surface area contributed by atoms with Crippen LogP contribution in [0.15, 0.2) is 43.1 Å². The van der Waals surface area contributed by atoms with E-state index in [0.717, 1.165) is 23.6 Å². The molecule has 0 aliphatic rings. The third-order valence-corrected chi connectivity index (χ3v) is 3.58. The van der Waals surface area contributed by atoms with Crippen molar-refractivity contribution in [2.75, 3.05) is 0 Å². The summed E-state index contributed by atoms with van der Waals surface area (Å²) in [5, 5.41) is 0.102. The summed E-state index contributed by atoms with van der Waals surface area (Å²) >= 11 is 5.80. The molecule has 3 aromatic rings. The molecule has 8 heteroatoms. The summed E-state index contributed by atoms with van der Waals surface area (Å²) in [5.74, 6) is 0.598. The van der Waals surface area contributed by atoms with Gasteiger partial charge in [-0.25, -0.2) is 14.4 Å². The van der Waals surface area contributed by atoms with Gasteiger partial charge in [-0.1, -0.05) is 18.5 Å². The predicted molar refractivity (Wildman–Crippen MR) is 93.7 cm³/mol. The predicted octanol–water partition coefficient (Wildman–Crippen LogP) is 4.32. The van der Waals surface area contributed by atoms with E-state index in [1.54, 1.807) is 24.7 Å². The maximum absolute atomic E-state index is 13.2. The van der Waals surface area contributed by atoms with Gasteiger partial charge in [-0.2, -0.15) is 0 Å². The van der Waals surface area contributed by atoms with Gasteiger partial charge in [0.05, 0.1) is 23.6 Å². The molecule has 0 aliphatic heterocycles. The number of aromatic nitrogens is 4. The van der Waals surface area contributed by atoms with E-state index >= 15 is 0 Å². The van der Waals surface area contributed by atoms with Crippen LogP contribution in [0.1, 0.15) is 18.4 Å². The molecule has 0 bridgehead atoms. The Kier molecular flexibility index (Phi) is 7.06. The van der Waals surface area contributed by atoms with Gasteiger partial charge in [-0.05, 0) is 18.2 Å². The van der Waals surface area contributed by atoms with Gasteiger partial charge in [0.1, 0.15) is 11.6 Å². The Morgan fingerprint density at radius 2 is 2.00 bits per heavy atom. The molecule has 4 nitrogen and oxygen atoms in total. The lowest BCUT2D eigenvalue weighted by atomic mass is 10.3. The van der Waals surface area contributed by atoms with Crippen LogP contribution in [0.5, 0.6) is 0 Å². The SMILES string of the molecule is CCc1nccn1Cc1cn(-c2ccc(F)c(Cl)c2)cn1.Cl.Cl. The van der Waals surface area contributed by atoms with Crippen LogP contribution in [0.4, 0.5) is 4.39 Å². The second kappa shape index (κ2) is 8.34. The lowest BCUT2D eigenvalue weighted by Crippen LogP contribution is -2.03. The van der Waals surface area contributed by atoms with Crippen molar-refractivity contribution in [3.8, 4) is 5.69 Å². The molecular formula is C15H16Cl3FN4. The largest absolute Gasteiger partial charge is 0.329 e. The second-order valence-electron chi connectivity index (χ2n) is 4.70. The van der Waals surface area contributed by atoms with E-state index in [4.69, 9.17) is 11.6 Å². The average Bonchev–Trinajstić information content (AvgIpc) is 3.11. The maximum Gasteiger partial charge on any atom is 0.141 e. The monoisotopic (exact) mass is 376 g/mol. The molecule has 0 N–H and O–H groups in total. The van der Waals surface area contributed by atoms with Crippen LogP contribution < -0.4 is 0 Å². The molecule has 2 aromatic heterocycles. The molecule has 0 saturated heterocycles. The number of nitrogens with zero attached hydrogens (tertiary/aromatic N) is 4. The summed E-state index contributed by atoms with van der Waals surface area (Å²) in [7, 11) is 0. The number of hydrogen-bond donors (Lipinski definition) is 0. The van der Waals surface area contributed by atoms with Crippen molar-refractivity contribution in [3.05, 3.63) is 65.5 Å². The fourth-order valence-corrected chi connectivity index (χ4v) is 2.38. The van der Waals surface area contributed by atoms with Gasteiger partial charge in [0.15, 0.2) is 0 Å². The fraction of sp³-hybridized carbons (Fsp3) is 0.200. The minimum Gasteiger partial charge on any atom is -0.329 e. The molecule has 23 heavy (non-hydrogen) atoms. The molecular weight excluding hydrogens is 362 g/mol. The summed E-state index contributed by atoms with van der Waals surface area (Å²) in [6.45, 7) is 2.73. The molecule has 0 spiro atoms. The minimum atomic E-state index is -0.424. The standard InChI is InChI=1S/C15H14ClFN4.2ClH/c1-2-15-18-5-6-20(15)8-11-9-21(10-19-11)12-3-4-14(17)13(16)7-12;;/h3-7,9-10H,2,8H2,1H3;2*1H. The van der Waals surface area contributed by atoms with Crippen molar-refractivity contribution in [2.45, 2.75) is 19.9 Å². The zero-order chi connectivity index (χ0) is 14.8. The number of aryl methyl sites for hydroxylation is 1. The topological polar surface area (TPSA) is 35.6 Å². The van der Waals surface area contributed by atoms with E-state index in [1.807, 2.05) is 17.0 Å². The van der Waals surface area contributed by atoms with Crippen molar-refractivity contribution >= 4 is 36.4 Å². The first-order chi connectivity index (χ1) is 10.2. The zero-order valence-electron chi connectivity index (χ0n) is 12.3. The van der Waals surface area contributed by atoms with Crippen LogP contribution in [0.3, 0.4) is 0 Å². The van der Waals surface area contributed by atoms with E-state index < -0.39 is 5.82 Å². The Hall–Kier alpha value is -1.56. The van der Waals surface area contributed by atoms with Crippen molar-refractivity contribution in [3.63, 3.8) is 0 Å². The van der Waals surface area contributed by atoms with E-state index in [9.17, 15) is 4.39 Å². The van der Waals surface area contributed by atoms with Gasteiger partial charge >= 0.3 is 0 Å². The Balaban J connectivity index is 0.00000132. The maximum atomic E-state index is 13.2. The van der Waals surface area contributed by atoms with Crippen LogP contribution in [0, 0.1) is 5.82 Å². The third kappa shape index (κ3) is 4.25. The summed E-state index contributed by atoms with van der Waals surface area (Å²) in [4.78, 5) is 8.66. The Morgan fingerprint density at radius 3 is 2.70 bits per heavy atom. The molecule has 3 rings (SSSR count). The number of benzene rings is 1.